The SMILES string of the molecule is Cc1cc(F)ccc1-c1ccc(-c2c(C)cc(C3C(C)C(C)C(C)C3C)cc2C)c[n+]1C. The molecule has 0 amide bonds. The zero-order chi connectivity index (χ0) is 23.3. The van der Waals surface area contributed by atoms with Gasteiger partial charge in [-0.3, -0.25) is 0 Å². The van der Waals surface area contributed by atoms with Gasteiger partial charge in [0.25, 0.3) is 0 Å². The Hall–Kier alpha value is -2.48. The fourth-order valence-corrected chi connectivity index (χ4v) is 6.29. The predicted molar refractivity (Wildman–Crippen MR) is 132 cm³/mol. The number of nitrogens with zero attached hydrogens (tertiary/aromatic N) is 1. The Bertz CT molecular complexity index is 1120. The summed E-state index contributed by atoms with van der Waals surface area (Å²) < 4.78 is 15.7. The molecule has 4 atom stereocenters. The number of rotatable bonds is 3. The highest BCUT2D eigenvalue weighted by atomic mass is 19.1. The summed E-state index contributed by atoms with van der Waals surface area (Å²) in [5.41, 5.74) is 9.86. The third-order valence-corrected chi connectivity index (χ3v) is 8.45. The van der Waals surface area contributed by atoms with Crippen molar-refractivity contribution in [2.45, 2.75) is 54.4 Å². The van der Waals surface area contributed by atoms with Crippen LogP contribution in [0, 0.1) is 50.3 Å². The summed E-state index contributed by atoms with van der Waals surface area (Å²) in [6.07, 6.45) is 2.21. The minimum absolute atomic E-state index is 0.188. The van der Waals surface area contributed by atoms with Gasteiger partial charge in [-0.1, -0.05) is 39.8 Å². The lowest BCUT2D eigenvalue weighted by Gasteiger charge is -2.24. The molecule has 1 saturated carbocycles. The molecule has 3 aromatic rings. The molecule has 1 heterocycles. The van der Waals surface area contributed by atoms with Crippen LogP contribution in [0.25, 0.3) is 22.4 Å². The number of benzene rings is 2. The minimum atomic E-state index is -0.188. The first kappa shape index (κ1) is 22.7. The van der Waals surface area contributed by atoms with Gasteiger partial charge in [-0.25, -0.2) is 8.96 Å². The van der Waals surface area contributed by atoms with Gasteiger partial charge in [0.1, 0.15) is 12.9 Å². The van der Waals surface area contributed by atoms with Crippen molar-refractivity contribution in [1.82, 2.24) is 0 Å². The van der Waals surface area contributed by atoms with Crippen molar-refractivity contribution in [3.8, 4) is 22.4 Å². The van der Waals surface area contributed by atoms with Crippen LogP contribution >= 0.6 is 0 Å². The second kappa shape index (κ2) is 8.46. The molecule has 1 aromatic heterocycles. The molecule has 4 rings (SSSR count). The van der Waals surface area contributed by atoms with Crippen molar-refractivity contribution in [1.29, 1.82) is 0 Å². The van der Waals surface area contributed by atoms with Crippen LogP contribution in [0.4, 0.5) is 4.39 Å². The number of aromatic nitrogens is 1. The van der Waals surface area contributed by atoms with Crippen molar-refractivity contribution in [2.24, 2.45) is 30.7 Å². The summed E-state index contributed by atoms with van der Waals surface area (Å²) in [6, 6.07) is 14.2. The highest BCUT2D eigenvalue weighted by Crippen LogP contribution is 2.51. The zero-order valence-electron chi connectivity index (χ0n) is 20.8. The summed E-state index contributed by atoms with van der Waals surface area (Å²) in [4.78, 5) is 0. The molecule has 0 saturated heterocycles. The van der Waals surface area contributed by atoms with Gasteiger partial charge in [0, 0.05) is 17.2 Å². The van der Waals surface area contributed by atoms with Gasteiger partial charge in [0.15, 0.2) is 6.20 Å². The zero-order valence-corrected chi connectivity index (χ0v) is 20.8. The summed E-state index contributed by atoms with van der Waals surface area (Å²) in [5.74, 6) is 3.38. The second-order valence-corrected chi connectivity index (χ2v) is 10.4. The van der Waals surface area contributed by atoms with E-state index in [-0.39, 0.29) is 5.82 Å². The van der Waals surface area contributed by atoms with Crippen molar-refractivity contribution >= 4 is 0 Å². The van der Waals surface area contributed by atoms with Crippen LogP contribution in [0.5, 0.6) is 0 Å². The van der Waals surface area contributed by atoms with E-state index in [0.717, 1.165) is 28.7 Å². The first-order chi connectivity index (χ1) is 15.1. The van der Waals surface area contributed by atoms with Gasteiger partial charge in [-0.15, -0.1) is 0 Å². The second-order valence-electron chi connectivity index (χ2n) is 10.4. The van der Waals surface area contributed by atoms with Crippen LogP contribution in [0.15, 0.2) is 48.7 Å². The monoisotopic (exact) mass is 430 g/mol. The standard InChI is InChI=1S/C30H37FN/c1-17-15-26(31)10-11-27(17)28-12-9-24(16-32(28)8)29-18(2)13-25(14-19(29)3)30-22(6)20(4)21(5)23(30)7/h9-16,20-23,30H,1-8H3/q+1. The van der Waals surface area contributed by atoms with E-state index in [0.29, 0.717) is 17.8 Å². The Kier molecular flexibility index (Phi) is 6.00. The van der Waals surface area contributed by atoms with E-state index in [1.54, 1.807) is 6.07 Å². The smallest absolute Gasteiger partial charge is 0.207 e. The fourth-order valence-electron chi connectivity index (χ4n) is 6.29. The molecule has 0 radical (unpaired) electrons. The number of aryl methyl sites for hydroxylation is 4. The summed E-state index contributed by atoms with van der Waals surface area (Å²) in [7, 11) is 2.07. The molecular weight excluding hydrogens is 393 g/mol. The lowest BCUT2D eigenvalue weighted by Crippen LogP contribution is -2.31. The largest absolute Gasteiger partial charge is 0.212 e. The maximum absolute atomic E-state index is 13.6. The molecule has 1 fully saturated rings. The molecule has 168 valence electrons. The molecule has 1 nitrogen and oxygen atoms in total. The van der Waals surface area contributed by atoms with Gasteiger partial charge in [-0.05, 0) is 102 Å². The Labute approximate surface area is 193 Å². The van der Waals surface area contributed by atoms with Gasteiger partial charge < -0.3 is 0 Å². The average molecular weight is 431 g/mol. The molecule has 0 spiro atoms. The quantitative estimate of drug-likeness (QED) is 0.378. The molecule has 2 heteroatoms. The molecule has 0 bridgehead atoms. The van der Waals surface area contributed by atoms with E-state index >= 15 is 0 Å². The number of halogens is 1. The predicted octanol–water partition coefficient (Wildman–Crippen LogP) is 7.55. The van der Waals surface area contributed by atoms with Crippen LogP contribution in [-0.2, 0) is 7.05 Å². The maximum atomic E-state index is 13.6. The lowest BCUT2D eigenvalue weighted by molar-refractivity contribution is -0.659. The fraction of sp³-hybridized carbons (Fsp3) is 0.433. The van der Waals surface area contributed by atoms with Gasteiger partial charge in [0.2, 0.25) is 5.69 Å². The molecule has 4 unspecified atom stereocenters. The van der Waals surface area contributed by atoms with Crippen LogP contribution in [0.1, 0.15) is 55.9 Å². The normalized spacial score (nSPS) is 25.3. The summed E-state index contributed by atoms with van der Waals surface area (Å²) in [5, 5.41) is 0. The molecule has 0 aliphatic heterocycles. The van der Waals surface area contributed by atoms with E-state index in [1.165, 1.54) is 33.9 Å². The maximum Gasteiger partial charge on any atom is 0.212 e. The van der Waals surface area contributed by atoms with E-state index in [2.05, 4.69) is 83.6 Å². The number of hydrogen-bond donors (Lipinski definition) is 0. The van der Waals surface area contributed by atoms with E-state index in [4.69, 9.17) is 0 Å². The van der Waals surface area contributed by atoms with E-state index in [9.17, 15) is 4.39 Å². The van der Waals surface area contributed by atoms with Crippen LogP contribution < -0.4 is 4.57 Å². The Morgan fingerprint density at radius 3 is 1.84 bits per heavy atom. The van der Waals surface area contributed by atoms with E-state index in [1.807, 2.05) is 13.0 Å². The van der Waals surface area contributed by atoms with Crippen LogP contribution in [0.2, 0.25) is 0 Å². The summed E-state index contributed by atoms with van der Waals surface area (Å²) in [6.45, 7) is 16.2. The number of pyridine rings is 1. The van der Waals surface area contributed by atoms with Gasteiger partial charge >= 0.3 is 0 Å². The average Bonchev–Trinajstić information content (AvgIpc) is 2.91. The molecule has 2 aromatic carbocycles. The first-order valence-corrected chi connectivity index (χ1v) is 12.0. The van der Waals surface area contributed by atoms with Crippen molar-refractivity contribution < 1.29 is 8.96 Å². The lowest BCUT2D eigenvalue weighted by atomic mass is 9.80. The highest BCUT2D eigenvalue weighted by Gasteiger charge is 2.42. The molecule has 1 aliphatic carbocycles. The molecule has 0 N–H and O–H groups in total. The van der Waals surface area contributed by atoms with Gasteiger partial charge in [-0.2, -0.15) is 0 Å². The molecular formula is C30H37FN+. The van der Waals surface area contributed by atoms with Crippen molar-refractivity contribution in [2.75, 3.05) is 0 Å². The van der Waals surface area contributed by atoms with Crippen LogP contribution in [0.3, 0.4) is 0 Å². The van der Waals surface area contributed by atoms with Gasteiger partial charge in [0.05, 0.1) is 0 Å². The summed E-state index contributed by atoms with van der Waals surface area (Å²) >= 11 is 0. The minimum Gasteiger partial charge on any atom is -0.207 e. The van der Waals surface area contributed by atoms with Crippen LogP contribution in [-0.4, -0.2) is 0 Å². The van der Waals surface area contributed by atoms with Crippen molar-refractivity contribution in [3.05, 3.63) is 76.7 Å². The molecule has 1 aliphatic rings. The third-order valence-electron chi connectivity index (χ3n) is 8.45. The first-order valence-electron chi connectivity index (χ1n) is 12.0. The third kappa shape index (κ3) is 3.78. The Morgan fingerprint density at radius 2 is 1.31 bits per heavy atom. The topological polar surface area (TPSA) is 3.88 Å². The number of hydrogen-bond acceptors (Lipinski definition) is 0. The van der Waals surface area contributed by atoms with Crippen molar-refractivity contribution in [3.63, 3.8) is 0 Å². The Balaban J connectivity index is 1.73. The van der Waals surface area contributed by atoms with E-state index < -0.39 is 0 Å². The molecule has 32 heavy (non-hydrogen) atoms. The highest BCUT2D eigenvalue weighted by molar-refractivity contribution is 5.72. The Morgan fingerprint density at radius 1 is 0.719 bits per heavy atom.